The van der Waals surface area contributed by atoms with Crippen molar-refractivity contribution in [1.29, 1.82) is 0 Å². The van der Waals surface area contributed by atoms with Gasteiger partial charge in [-0.25, -0.2) is 0 Å². The quantitative estimate of drug-likeness (QED) is 0.919. The Kier molecular flexibility index (Phi) is 4.15. The van der Waals surface area contributed by atoms with Gasteiger partial charge in [-0.3, -0.25) is 4.99 Å². The number of methoxy groups -OCH3 is 1. The molecule has 0 aromatic heterocycles. The number of nitrogens with zero attached hydrogens (tertiary/aromatic N) is 1. The van der Waals surface area contributed by atoms with Crippen LogP contribution in [-0.2, 0) is 0 Å². The summed E-state index contributed by atoms with van der Waals surface area (Å²) < 4.78 is 5.40. The van der Waals surface area contributed by atoms with Gasteiger partial charge in [-0.2, -0.15) is 0 Å². The predicted molar refractivity (Wildman–Crippen MR) is 90.4 cm³/mol. The zero-order valence-corrected chi connectivity index (χ0v) is 13.0. The molecule has 0 fully saturated rings. The Balaban J connectivity index is 1.72. The minimum atomic E-state index is 0.393. The minimum absolute atomic E-state index is 0.393. The van der Waals surface area contributed by atoms with Gasteiger partial charge in [-0.05, 0) is 30.2 Å². The SMILES string of the molecule is COc1ccc(C)cc1NC1=NCC(c2ccccc2)S1. The summed E-state index contributed by atoms with van der Waals surface area (Å²) in [6.45, 7) is 2.88. The molecule has 1 unspecified atom stereocenters. The number of thioether (sulfide) groups is 1. The van der Waals surface area contributed by atoms with Crippen molar-refractivity contribution in [1.82, 2.24) is 0 Å². The van der Waals surface area contributed by atoms with E-state index < -0.39 is 0 Å². The van der Waals surface area contributed by atoms with Gasteiger partial charge < -0.3 is 10.1 Å². The van der Waals surface area contributed by atoms with Crippen LogP contribution in [0.2, 0.25) is 0 Å². The van der Waals surface area contributed by atoms with Crippen molar-refractivity contribution < 1.29 is 4.74 Å². The zero-order valence-electron chi connectivity index (χ0n) is 12.2. The maximum absolute atomic E-state index is 5.40. The molecule has 1 aliphatic heterocycles. The van der Waals surface area contributed by atoms with Crippen LogP contribution in [0.3, 0.4) is 0 Å². The van der Waals surface area contributed by atoms with Gasteiger partial charge in [0.15, 0.2) is 5.17 Å². The molecule has 1 heterocycles. The average Bonchev–Trinajstić information content (AvgIpc) is 2.97. The zero-order chi connectivity index (χ0) is 14.7. The molecule has 1 aliphatic rings. The molecule has 3 nitrogen and oxygen atoms in total. The predicted octanol–water partition coefficient (Wildman–Crippen LogP) is 4.26. The lowest BCUT2D eigenvalue weighted by Crippen LogP contribution is -2.07. The normalized spacial score (nSPS) is 17.4. The fraction of sp³-hybridized carbons (Fsp3) is 0.235. The Morgan fingerprint density at radius 3 is 2.76 bits per heavy atom. The first-order valence-electron chi connectivity index (χ1n) is 6.94. The summed E-state index contributed by atoms with van der Waals surface area (Å²) in [7, 11) is 1.69. The van der Waals surface area contributed by atoms with Gasteiger partial charge in [0.1, 0.15) is 5.75 Å². The third-order valence-electron chi connectivity index (χ3n) is 3.42. The van der Waals surface area contributed by atoms with E-state index in [1.807, 2.05) is 18.2 Å². The second-order valence-electron chi connectivity index (χ2n) is 4.99. The highest BCUT2D eigenvalue weighted by Gasteiger charge is 2.21. The Bertz CT molecular complexity index is 655. The average molecular weight is 298 g/mol. The molecule has 21 heavy (non-hydrogen) atoms. The Morgan fingerprint density at radius 2 is 2.00 bits per heavy atom. The molecule has 0 saturated heterocycles. The van der Waals surface area contributed by atoms with E-state index in [2.05, 4.69) is 47.6 Å². The topological polar surface area (TPSA) is 33.6 Å². The van der Waals surface area contributed by atoms with Crippen molar-refractivity contribution in [2.45, 2.75) is 12.2 Å². The van der Waals surface area contributed by atoms with Gasteiger partial charge in [0, 0.05) is 0 Å². The molecular weight excluding hydrogens is 280 g/mol. The van der Waals surface area contributed by atoms with E-state index >= 15 is 0 Å². The standard InChI is InChI=1S/C17H18N2OS/c1-12-8-9-15(20-2)14(10-12)19-17-18-11-16(21-17)13-6-4-3-5-7-13/h3-10,16H,11H2,1-2H3,(H,18,19). The van der Waals surface area contributed by atoms with Crippen LogP contribution in [0.1, 0.15) is 16.4 Å². The highest BCUT2D eigenvalue weighted by atomic mass is 32.2. The number of nitrogens with one attached hydrogen (secondary N) is 1. The molecule has 2 aromatic carbocycles. The number of hydrogen-bond donors (Lipinski definition) is 1. The summed E-state index contributed by atoms with van der Waals surface area (Å²) in [5, 5.41) is 4.73. The molecule has 1 atom stereocenters. The van der Waals surface area contributed by atoms with E-state index in [0.717, 1.165) is 23.1 Å². The van der Waals surface area contributed by atoms with Crippen LogP contribution in [0.4, 0.5) is 5.69 Å². The van der Waals surface area contributed by atoms with Crippen LogP contribution in [0.15, 0.2) is 53.5 Å². The summed E-state index contributed by atoms with van der Waals surface area (Å²) in [5.41, 5.74) is 3.48. The van der Waals surface area contributed by atoms with Crippen molar-refractivity contribution in [3.05, 3.63) is 59.7 Å². The molecule has 0 amide bonds. The Labute approximate surface area is 129 Å². The van der Waals surface area contributed by atoms with E-state index in [-0.39, 0.29) is 0 Å². The van der Waals surface area contributed by atoms with E-state index in [0.29, 0.717) is 5.25 Å². The van der Waals surface area contributed by atoms with Gasteiger partial charge in [0.05, 0.1) is 24.6 Å². The highest BCUT2D eigenvalue weighted by Crippen LogP contribution is 2.36. The molecule has 0 bridgehead atoms. The van der Waals surface area contributed by atoms with Crippen molar-refractivity contribution >= 4 is 22.6 Å². The lowest BCUT2D eigenvalue weighted by atomic mass is 10.1. The molecular formula is C17H18N2OS. The summed E-state index contributed by atoms with van der Waals surface area (Å²) >= 11 is 1.77. The van der Waals surface area contributed by atoms with Crippen molar-refractivity contribution in [2.75, 3.05) is 19.0 Å². The van der Waals surface area contributed by atoms with Crippen LogP contribution in [0.25, 0.3) is 0 Å². The molecule has 0 radical (unpaired) electrons. The van der Waals surface area contributed by atoms with Crippen LogP contribution >= 0.6 is 11.8 Å². The molecule has 0 saturated carbocycles. The lowest BCUT2D eigenvalue weighted by molar-refractivity contribution is 0.417. The number of anilines is 1. The molecule has 4 heteroatoms. The van der Waals surface area contributed by atoms with Gasteiger partial charge in [-0.1, -0.05) is 48.2 Å². The molecule has 3 rings (SSSR count). The van der Waals surface area contributed by atoms with E-state index in [1.54, 1.807) is 18.9 Å². The molecule has 0 spiro atoms. The molecule has 108 valence electrons. The fourth-order valence-corrected chi connectivity index (χ4v) is 3.35. The van der Waals surface area contributed by atoms with Crippen molar-refractivity contribution in [3.8, 4) is 5.75 Å². The van der Waals surface area contributed by atoms with Gasteiger partial charge in [-0.15, -0.1) is 0 Å². The number of rotatable bonds is 3. The van der Waals surface area contributed by atoms with Crippen LogP contribution < -0.4 is 10.1 Å². The van der Waals surface area contributed by atoms with E-state index in [1.165, 1.54) is 11.1 Å². The highest BCUT2D eigenvalue weighted by molar-refractivity contribution is 8.14. The smallest absolute Gasteiger partial charge is 0.161 e. The number of amidine groups is 1. The number of aryl methyl sites for hydroxylation is 1. The molecule has 0 aliphatic carbocycles. The number of aliphatic imine (C=N–C) groups is 1. The number of benzene rings is 2. The Hall–Kier alpha value is -1.94. The van der Waals surface area contributed by atoms with Gasteiger partial charge in [0.25, 0.3) is 0 Å². The maximum Gasteiger partial charge on any atom is 0.161 e. The van der Waals surface area contributed by atoms with E-state index in [9.17, 15) is 0 Å². The van der Waals surface area contributed by atoms with Gasteiger partial charge in [0.2, 0.25) is 0 Å². The first-order valence-corrected chi connectivity index (χ1v) is 7.82. The summed E-state index contributed by atoms with van der Waals surface area (Å²) in [5.74, 6) is 0.840. The Morgan fingerprint density at radius 1 is 1.19 bits per heavy atom. The first kappa shape index (κ1) is 14.0. The van der Waals surface area contributed by atoms with E-state index in [4.69, 9.17) is 4.74 Å². The monoisotopic (exact) mass is 298 g/mol. The second kappa shape index (κ2) is 6.22. The lowest BCUT2D eigenvalue weighted by Gasteiger charge is -2.12. The molecule has 1 N–H and O–H groups in total. The summed E-state index contributed by atoms with van der Waals surface area (Å²) in [6.07, 6.45) is 0. The third kappa shape index (κ3) is 3.22. The largest absolute Gasteiger partial charge is 0.495 e. The maximum atomic E-state index is 5.40. The third-order valence-corrected chi connectivity index (χ3v) is 4.58. The van der Waals surface area contributed by atoms with Crippen LogP contribution in [0, 0.1) is 6.92 Å². The van der Waals surface area contributed by atoms with Crippen molar-refractivity contribution in [3.63, 3.8) is 0 Å². The molecule has 2 aromatic rings. The van der Waals surface area contributed by atoms with Gasteiger partial charge >= 0.3 is 0 Å². The minimum Gasteiger partial charge on any atom is -0.495 e. The summed E-state index contributed by atoms with van der Waals surface area (Å²) in [4.78, 5) is 4.61. The van der Waals surface area contributed by atoms with Crippen LogP contribution in [0.5, 0.6) is 5.75 Å². The van der Waals surface area contributed by atoms with Crippen LogP contribution in [-0.4, -0.2) is 18.8 Å². The first-order chi connectivity index (χ1) is 10.3. The summed E-state index contributed by atoms with van der Waals surface area (Å²) in [6, 6.07) is 16.6. The van der Waals surface area contributed by atoms with Crippen molar-refractivity contribution in [2.24, 2.45) is 4.99 Å². The second-order valence-corrected chi connectivity index (χ2v) is 6.18. The number of ether oxygens (including phenoxy) is 1. The fourth-order valence-electron chi connectivity index (χ4n) is 2.32. The number of hydrogen-bond acceptors (Lipinski definition) is 4.